The number of nitrogens with zero attached hydrogens (tertiary/aromatic N) is 3. The Morgan fingerprint density at radius 2 is 2.42 bits per heavy atom. The zero-order valence-electron chi connectivity index (χ0n) is 10.4. The van der Waals surface area contributed by atoms with Gasteiger partial charge in [0, 0.05) is 6.20 Å². The van der Waals surface area contributed by atoms with Crippen molar-refractivity contribution in [2.75, 3.05) is 6.61 Å². The summed E-state index contributed by atoms with van der Waals surface area (Å²) < 4.78 is 5.02. The van der Waals surface area contributed by atoms with Crippen molar-refractivity contribution in [2.45, 2.75) is 6.92 Å². The first-order valence-electron chi connectivity index (χ1n) is 5.89. The van der Waals surface area contributed by atoms with E-state index in [2.05, 4.69) is 21.9 Å². The molecule has 0 aromatic heterocycles. The Bertz CT molecular complexity index is 623. The standard InChI is InChI=1S/C13H12N4O2/c1-3-19-13(18)9-7-14-10-5-4-6-11-15-8(2)16-12(9)17(10)11/h4-7,15H,2-3H2,1H3. The van der Waals surface area contributed by atoms with Crippen molar-refractivity contribution in [3.05, 3.63) is 48.2 Å². The molecule has 0 saturated carbocycles. The van der Waals surface area contributed by atoms with Crippen LogP contribution in [0.5, 0.6) is 0 Å². The number of hydrogen-bond acceptors (Lipinski definition) is 6. The minimum Gasteiger partial charge on any atom is -0.462 e. The first kappa shape index (κ1) is 11.5. The van der Waals surface area contributed by atoms with Crippen LogP contribution in [0.4, 0.5) is 0 Å². The molecule has 3 aliphatic heterocycles. The number of esters is 1. The van der Waals surface area contributed by atoms with Crippen molar-refractivity contribution >= 4 is 17.6 Å². The molecule has 6 nitrogen and oxygen atoms in total. The summed E-state index contributed by atoms with van der Waals surface area (Å²) in [7, 11) is 0. The molecule has 6 heteroatoms. The van der Waals surface area contributed by atoms with Crippen LogP contribution in [0.25, 0.3) is 0 Å². The van der Waals surface area contributed by atoms with Crippen LogP contribution in [0.1, 0.15) is 6.92 Å². The maximum atomic E-state index is 11.9. The fraction of sp³-hybridized carbons (Fsp3) is 0.154. The lowest BCUT2D eigenvalue weighted by Gasteiger charge is -2.35. The van der Waals surface area contributed by atoms with Gasteiger partial charge in [0.05, 0.1) is 6.61 Å². The highest BCUT2D eigenvalue weighted by Crippen LogP contribution is 2.25. The zero-order chi connectivity index (χ0) is 13.4. The van der Waals surface area contributed by atoms with Crippen LogP contribution in [0.2, 0.25) is 0 Å². The molecule has 0 fully saturated rings. The number of carbonyl (C=O) groups is 1. The molecule has 0 bridgehead atoms. The van der Waals surface area contributed by atoms with E-state index in [0.29, 0.717) is 29.7 Å². The van der Waals surface area contributed by atoms with Gasteiger partial charge in [-0.05, 0) is 19.1 Å². The smallest absolute Gasteiger partial charge is 0.343 e. The third-order valence-electron chi connectivity index (χ3n) is 2.76. The van der Waals surface area contributed by atoms with Crippen LogP contribution in [0, 0.1) is 0 Å². The van der Waals surface area contributed by atoms with Crippen LogP contribution in [0.3, 0.4) is 0 Å². The number of ether oxygens (including phenoxy) is 1. The second kappa shape index (κ2) is 4.24. The summed E-state index contributed by atoms with van der Waals surface area (Å²) in [6.07, 6.45) is 7.06. The summed E-state index contributed by atoms with van der Waals surface area (Å²) in [5.41, 5.74) is 0.328. The van der Waals surface area contributed by atoms with Crippen LogP contribution < -0.4 is 5.32 Å². The Labute approximate surface area is 110 Å². The van der Waals surface area contributed by atoms with E-state index in [-0.39, 0.29) is 0 Å². The van der Waals surface area contributed by atoms with E-state index in [1.165, 1.54) is 6.20 Å². The SMILES string of the molecule is C=C1N=C2C(C(=O)OCC)=CN=C3C=CC=C(N1)N32. The molecule has 0 aromatic rings. The number of nitrogens with one attached hydrogen (secondary N) is 1. The molecule has 0 unspecified atom stereocenters. The Balaban J connectivity index is 2.09. The number of amidine groups is 2. The number of carbonyl (C=O) groups excluding carboxylic acids is 1. The summed E-state index contributed by atoms with van der Waals surface area (Å²) in [6, 6.07) is 0. The maximum Gasteiger partial charge on any atom is 0.343 e. The predicted molar refractivity (Wildman–Crippen MR) is 70.9 cm³/mol. The molecule has 0 amide bonds. The van der Waals surface area contributed by atoms with E-state index in [1.54, 1.807) is 11.8 Å². The Morgan fingerprint density at radius 1 is 1.58 bits per heavy atom. The van der Waals surface area contributed by atoms with Gasteiger partial charge < -0.3 is 10.1 Å². The summed E-state index contributed by atoms with van der Waals surface area (Å²) in [4.78, 5) is 22.2. The van der Waals surface area contributed by atoms with Crippen LogP contribution in [-0.4, -0.2) is 29.1 Å². The fourth-order valence-corrected chi connectivity index (χ4v) is 1.99. The van der Waals surface area contributed by atoms with Crippen LogP contribution >= 0.6 is 0 Å². The van der Waals surface area contributed by atoms with E-state index in [4.69, 9.17) is 4.74 Å². The quantitative estimate of drug-likeness (QED) is 0.749. The lowest BCUT2D eigenvalue weighted by Crippen LogP contribution is -2.47. The van der Waals surface area contributed by atoms with Crippen molar-refractivity contribution in [3.8, 4) is 0 Å². The van der Waals surface area contributed by atoms with Crippen molar-refractivity contribution < 1.29 is 9.53 Å². The predicted octanol–water partition coefficient (Wildman–Crippen LogP) is 1.03. The molecule has 0 atom stereocenters. The molecule has 3 rings (SSSR count). The van der Waals surface area contributed by atoms with Gasteiger partial charge in [-0.15, -0.1) is 0 Å². The molecule has 0 spiro atoms. The average molecular weight is 256 g/mol. The highest BCUT2D eigenvalue weighted by Gasteiger charge is 2.34. The molecular weight excluding hydrogens is 244 g/mol. The average Bonchev–Trinajstić information content (AvgIpc) is 2.39. The van der Waals surface area contributed by atoms with Crippen molar-refractivity contribution in [1.29, 1.82) is 0 Å². The van der Waals surface area contributed by atoms with E-state index in [1.807, 2.05) is 18.2 Å². The summed E-state index contributed by atoms with van der Waals surface area (Å²) in [5, 5.41) is 3.03. The summed E-state index contributed by atoms with van der Waals surface area (Å²) in [6.45, 7) is 5.85. The highest BCUT2D eigenvalue weighted by atomic mass is 16.5. The van der Waals surface area contributed by atoms with Gasteiger partial charge in [0.2, 0.25) is 0 Å². The van der Waals surface area contributed by atoms with Crippen LogP contribution in [0.15, 0.2) is 58.2 Å². The van der Waals surface area contributed by atoms with E-state index < -0.39 is 5.97 Å². The van der Waals surface area contributed by atoms with Gasteiger partial charge in [0.25, 0.3) is 0 Å². The molecule has 0 aliphatic carbocycles. The normalized spacial score (nSPS) is 19.6. The molecule has 0 aromatic carbocycles. The molecule has 0 radical (unpaired) electrons. The Morgan fingerprint density at radius 3 is 3.21 bits per heavy atom. The first-order valence-corrected chi connectivity index (χ1v) is 5.89. The summed E-state index contributed by atoms with van der Waals surface area (Å²) in [5.74, 6) is 2.00. The number of rotatable bonds is 2. The van der Waals surface area contributed by atoms with Crippen molar-refractivity contribution in [2.24, 2.45) is 9.98 Å². The zero-order valence-corrected chi connectivity index (χ0v) is 10.4. The largest absolute Gasteiger partial charge is 0.462 e. The minimum absolute atomic E-state index is 0.307. The molecule has 96 valence electrons. The Hall–Kier alpha value is -2.63. The van der Waals surface area contributed by atoms with Gasteiger partial charge in [-0.1, -0.05) is 12.7 Å². The molecule has 3 heterocycles. The molecular formula is C13H12N4O2. The molecule has 1 N–H and O–H groups in total. The molecule has 0 saturated heterocycles. The first-order chi connectivity index (χ1) is 9.20. The van der Waals surface area contributed by atoms with Gasteiger partial charge >= 0.3 is 5.97 Å². The van der Waals surface area contributed by atoms with Gasteiger partial charge in [0.15, 0.2) is 5.84 Å². The third-order valence-corrected chi connectivity index (χ3v) is 2.76. The summed E-state index contributed by atoms with van der Waals surface area (Å²) >= 11 is 0. The van der Waals surface area contributed by atoms with E-state index in [9.17, 15) is 4.79 Å². The number of hydrogen-bond donors (Lipinski definition) is 1. The lowest BCUT2D eigenvalue weighted by molar-refractivity contribution is -0.137. The van der Waals surface area contributed by atoms with Gasteiger partial charge in [-0.3, -0.25) is 4.90 Å². The van der Waals surface area contributed by atoms with Crippen molar-refractivity contribution in [3.63, 3.8) is 0 Å². The van der Waals surface area contributed by atoms with Crippen molar-refractivity contribution in [1.82, 2.24) is 10.2 Å². The topological polar surface area (TPSA) is 66.3 Å². The molecule has 3 aliphatic rings. The number of allylic oxidation sites excluding steroid dienone is 2. The second-order valence-electron chi connectivity index (χ2n) is 4.00. The third kappa shape index (κ3) is 1.77. The van der Waals surface area contributed by atoms with Gasteiger partial charge in [-0.25, -0.2) is 14.8 Å². The fourth-order valence-electron chi connectivity index (χ4n) is 1.99. The number of aliphatic imine (C=N–C) groups is 2. The Kier molecular flexibility index (Phi) is 2.56. The minimum atomic E-state index is -0.437. The highest BCUT2D eigenvalue weighted by molar-refractivity contribution is 6.27. The van der Waals surface area contributed by atoms with E-state index >= 15 is 0 Å². The van der Waals surface area contributed by atoms with Crippen LogP contribution in [-0.2, 0) is 9.53 Å². The van der Waals surface area contributed by atoms with E-state index in [0.717, 1.165) is 5.82 Å². The molecule has 19 heavy (non-hydrogen) atoms. The van der Waals surface area contributed by atoms with Gasteiger partial charge in [0.1, 0.15) is 23.1 Å². The monoisotopic (exact) mass is 256 g/mol. The van der Waals surface area contributed by atoms with Gasteiger partial charge in [-0.2, -0.15) is 0 Å². The second-order valence-corrected chi connectivity index (χ2v) is 4.00. The maximum absolute atomic E-state index is 11.9. The lowest BCUT2D eigenvalue weighted by atomic mass is 10.1.